The van der Waals surface area contributed by atoms with Gasteiger partial charge in [-0.05, 0) is 24.6 Å². The molecule has 8 nitrogen and oxygen atoms in total. The summed E-state index contributed by atoms with van der Waals surface area (Å²) >= 11 is 1.46. The van der Waals surface area contributed by atoms with Crippen molar-refractivity contribution < 1.29 is 14.0 Å². The maximum Gasteiger partial charge on any atom is 0.289 e. The fourth-order valence-electron chi connectivity index (χ4n) is 4.60. The maximum atomic E-state index is 13.2. The SMILES string of the molecule is O=C(NCc1nccs1)[C@H]1[C@@H]2C[C@@H](CN(C(=O)c3ccco3)C2)c2cccc(=O)n21. The van der Waals surface area contributed by atoms with Crippen LogP contribution in [0.15, 0.2) is 57.4 Å². The zero-order chi connectivity index (χ0) is 20.7. The fraction of sp³-hybridized carbons (Fsp3) is 0.333. The number of furan rings is 1. The largest absolute Gasteiger partial charge is 0.459 e. The van der Waals surface area contributed by atoms with Crippen LogP contribution in [-0.4, -0.2) is 39.4 Å². The standard InChI is InChI=1S/C21H20N4O4S/c26-18-5-1-3-15-13-9-14(12-24(11-13)21(28)16-4-2-7-29-16)19(25(15)18)20(27)23-10-17-22-6-8-30-17/h1-8,13-14,19H,9-12H2,(H,23,27)/t13-,14+,19+/m0/s1. The van der Waals surface area contributed by atoms with E-state index in [1.807, 2.05) is 11.4 Å². The number of hydrogen-bond donors (Lipinski definition) is 1. The van der Waals surface area contributed by atoms with E-state index in [1.54, 1.807) is 33.9 Å². The summed E-state index contributed by atoms with van der Waals surface area (Å²) < 4.78 is 6.90. The number of carbonyl (C=O) groups is 2. The Morgan fingerprint density at radius 1 is 1.23 bits per heavy atom. The third-order valence-corrected chi connectivity index (χ3v) is 6.61. The first-order chi connectivity index (χ1) is 14.6. The Labute approximate surface area is 176 Å². The van der Waals surface area contributed by atoms with Crippen LogP contribution < -0.4 is 10.9 Å². The zero-order valence-corrected chi connectivity index (χ0v) is 16.9. The van der Waals surface area contributed by atoms with E-state index < -0.39 is 6.04 Å². The highest BCUT2D eigenvalue weighted by Crippen LogP contribution is 2.41. The van der Waals surface area contributed by atoms with Crippen molar-refractivity contribution in [2.24, 2.45) is 5.92 Å². The normalized spacial score (nSPS) is 22.4. The van der Waals surface area contributed by atoms with Crippen molar-refractivity contribution >= 4 is 23.2 Å². The highest BCUT2D eigenvalue weighted by molar-refractivity contribution is 7.09. The van der Waals surface area contributed by atoms with E-state index in [0.29, 0.717) is 19.6 Å². The van der Waals surface area contributed by atoms with E-state index in [0.717, 1.165) is 17.1 Å². The Balaban J connectivity index is 1.47. The Morgan fingerprint density at radius 3 is 2.90 bits per heavy atom. The summed E-state index contributed by atoms with van der Waals surface area (Å²) in [5.74, 6) is -0.296. The summed E-state index contributed by atoms with van der Waals surface area (Å²) in [5.41, 5.74) is 0.604. The molecule has 3 aromatic heterocycles. The van der Waals surface area contributed by atoms with Gasteiger partial charge in [0.25, 0.3) is 11.5 Å². The smallest absolute Gasteiger partial charge is 0.289 e. The molecule has 0 unspecified atom stereocenters. The van der Waals surface area contributed by atoms with Crippen molar-refractivity contribution in [3.63, 3.8) is 0 Å². The second kappa shape index (κ2) is 7.56. The van der Waals surface area contributed by atoms with Gasteiger partial charge in [-0.2, -0.15) is 0 Å². The first kappa shape index (κ1) is 18.8. The van der Waals surface area contributed by atoms with Gasteiger partial charge in [0, 0.05) is 48.3 Å². The fourth-order valence-corrected chi connectivity index (χ4v) is 5.16. The van der Waals surface area contributed by atoms with Crippen LogP contribution in [0, 0.1) is 5.92 Å². The molecule has 5 rings (SSSR count). The van der Waals surface area contributed by atoms with E-state index in [9.17, 15) is 14.4 Å². The molecule has 30 heavy (non-hydrogen) atoms. The van der Waals surface area contributed by atoms with Crippen LogP contribution in [0.1, 0.15) is 39.6 Å². The van der Waals surface area contributed by atoms with Gasteiger partial charge in [-0.1, -0.05) is 6.07 Å². The lowest BCUT2D eigenvalue weighted by Crippen LogP contribution is -2.54. The molecule has 0 spiro atoms. The number of likely N-dealkylation sites (tertiary alicyclic amines) is 1. The number of thiazole rings is 1. The van der Waals surface area contributed by atoms with Crippen LogP contribution in [-0.2, 0) is 11.3 Å². The molecular weight excluding hydrogens is 404 g/mol. The van der Waals surface area contributed by atoms with E-state index >= 15 is 0 Å². The molecule has 1 saturated heterocycles. The lowest BCUT2D eigenvalue weighted by atomic mass is 9.78. The second-order valence-electron chi connectivity index (χ2n) is 7.63. The number of fused-ring (bicyclic) bond motifs is 4. The first-order valence-corrected chi connectivity index (χ1v) is 10.7. The topological polar surface area (TPSA) is 97.4 Å². The van der Waals surface area contributed by atoms with E-state index in [2.05, 4.69) is 10.3 Å². The summed E-state index contributed by atoms with van der Waals surface area (Å²) in [6, 6.07) is 7.73. The highest BCUT2D eigenvalue weighted by Gasteiger charge is 2.45. The molecule has 2 aliphatic heterocycles. The predicted octanol–water partition coefficient (Wildman–Crippen LogP) is 2.01. The molecule has 1 N–H and O–H groups in total. The van der Waals surface area contributed by atoms with E-state index in [4.69, 9.17) is 4.42 Å². The van der Waals surface area contributed by atoms with Gasteiger partial charge in [0.1, 0.15) is 11.0 Å². The van der Waals surface area contributed by atoms with Crippen LogP contribution in [0.2, 0.25) is 0 Å². The number of carbonyl (C=O) groups excluding carboxylic acids is 2. The minimum Gasteiger partial charge on any atom is -0.459 e. The average molecular weight is 424 g/mol. The lowest BCUT2D eigenvalue weighted by Gasteiger charge is -2.46. The molecular formula is C21H20N4O4S. The van der Waals surface area contributed by atoms with E-state index in [1.165, 1.54) is 23.7 Å². The number of nitrogens with zero attached hydrogens (tertiary/aromatic N) is 3. The van der Waals surface area contributed by atoms with Gasteiger partial charge in [-0.15, -0.1) is 11.3 Å². The number of hydrogen-bond acceptors (Lipinski definition) is 6. The molecule has 3 atom stereocenters. The molecule has 2 aliphatic rings. The van der Waals surface area contributed by atoms with Crippen LogP contribution in [0.4, 0.5) is 0 Å². The first-order valence-electron chi connectivity index (χ1n) is 9.82. The number of nitrogens with one attached hydrogen (secondary N) is 1. The van der Waals surface area contributed by atoms with Crippen molar-refractivity contribution in [2.75, 3.05) is 13.1 Å². The second-order valence-corrected chi connectivity index (χ2v) is 8.61. The zero-order valence-electron chi connectivity index (χ0n) is 16.1. The Kier molecular flexibility index (Phi) is 4.74. The molecule has 5 heterocycles. The average Bonchev–Trinajstić information content (AvgIpc) is 3.46. The van der Waals surface area contributed by atoms with Crippen molar-refractivity contribution in [1.29, 1.82) is 0 Å². The predicted molar refractivity (Wildman–Crippen MR) is 109 cm³/mol. The molecule has 0 aliphatic carbocycles. The van der Waals surface area contributed by atoms with E-state index in [-0.39, 0.29) is 35.0 Å². The van der Waals surface area contributed by atoms with Crippen LogP contribution in [0.5, 0.6) is 0 Å². The van der Waals surface area contributed by atoms with Crippen molar-refractivity contribution in [2.45, 2.75) is 24.9 Å². The number of rotatable bonds is 4. The van der Waals surface area contributed by atoms with Gasteiger partial charge >= 0.3 is 0 Å². The number of pyridine rings is 1. The quantitative estimate of drug-likeness (QED) is 0.691. The van der Waals surface area contributed by atoms with Gasteiger partial charge in [0.2, 0.25) is 5.91 Å². The van der Waals surface area contributed by atoms with Crippen molar-refractivity contribution in [1.82, 2.24) is 19.8 Å². The van der Waals surface area contributed by atoms with Crippen LogP contribution in [0.25, 0.3) is 0 Å². The third kappa shape index (κ3) is 3.24. The number of aromatic nitrogens is 2. The van der Waals surface area contributed by atoms with Crippen molar-refractivity contribution in [3.05, 3.63) is 75.0 Å². The Bertz CT molecular complexity index is 1120. The van der Waals surface area contributed by atoms with Gasteiger partial charge in [0.15, 0.2) is 5.76 Å². The number of piperidine rings is 1. The summed E-state index contributed by atoms with van der Waals surface area (Å²) in [6.07, 6.45) is 3.92. The maximum absolute atomic E-state index is 13.2. The minimum absolute atomic E-state index is 0.000394. The molecule has 154 valence electrons. The van der Waals surface area contributed by atoms with Crippen LogP contribution in [0.3, 0.4) is 0 Å². The molecule has 0 aromatic carbocycles. The lowest BCUT2D eigenvalue weighted by molar-refractivity contribution is -0.127. The molecule has 1 fully saturated rings. The summed E-state index contributed by atoms with van der Waals surface area (Å²) in [5, 5.41) is 5.58. The van der Waals surface area contributed by atoms with Gasteiger partial charge in [-0.3, -0.25) is 19.0 Å². The van der Waals surface area contributed by atoms with Crippen LogP contribution >= 0.6 is 11.3 Å². The molecule has 2 amide bonds. The molecule has 0 saturated carbocycles. The van der Waals surface area contributed by atoms with Gasteiger partial charge in [-0.25, -0.2) is 4.98 Å². The summed E-state index contributed by atoms with van der Waals surface area (Å²) in [6.45, 7) is 1.20. The molecule has 9 heteroatoms. The monoisotopic (exact) mass is 424 g/mol. The Morgan fingerprint density at radius 2 is 2.13 bits per heavy atom. The summed E-state index contributed by atoms with van der Waals surface area (Å²) in [7, 11) is 0. The number of amides is 2. The van der Waals surface area contributed by atoms with Gasteiger partial charge in [0.05, 0.1) is 12.8 Å². The minimum atomic E-state index is -0.669. The van der Waals surface area contributed by atoms with Gasteiger partial charge < -0.3 is 14.6 Å². The molecule has 2 bridgehead atoms. The van der Waals surface area contributed by atoms with Crippen molar-refractivity contribution in [3.8, 4) is 0 Å². The molecule has 0 radical (unpaired) electrons. The summed E-state index contributed by atoms with van der Waals surface area (Å²) in [4.78, 5) is 44.7. The highest BCUT2D eigenvalue weighted by atomic mass is 32.1. The molecule has 3 aromatic rings. The third-order valence-electron chi connectivity index (χ3n) is 5.83. The Hall–Kier alpha value is -3.20.